The highest BCUT2D eigenvalue weighted by atomic mass is 19.1. The minimum absolute atomic E-state index is 0.0583. The molecule has 39 heavy (non-hydrogen) atoms. The van der Waals surface area contributed by atoms with E-state index in [1.54, 1.807) is 18.2 Å². The lowest BCUT2D eigenvalue weighted by atomic mass is 10.1. The van der Waals surface area contributed by atoms with Crippen molar-refractivity contribution in [2.24, 2.45) is 0 Å². The van der Waals surface area contributed by atoms with E-state index in [4.69, 9.17) is 9.84 Å². The molecule has 0 bridgehead atoms. The number of carbonyl (C=O) groups excluding carboxylic acids is 1. The van der Waals surface area contributed by atoms with Gasteiger partial charge in [0.15, 0.2) is 11.6 Å². The fourth-order valence-corrected chi connectivity index (χ4v) is 4.53. The first kappa shape index (κ1) is 28.2. The van der Waals surface area contributed by atoms with Crippen molar-refractivity contribution >= 4 is 11.9 Å². The number of imidazole rings is 1. The molecule has 11 heteroatoms. The number of carbonyl (C=O) groups is 2. The quantitative estimate of drug-likeness (QED) is 0.259. The van der Waals surface area contributed by atoms with E-state index in [0.717, 1.165) is 12.8 Å². The number of amides is 1. The highest BCUT2D eigenvalue weighted by Gasteiger charge is 2.35. The molecule has 2 aromatic carbocycles. The summed E-state index contributed by atoms with van der Waals surface area (Å²) in [4.78, 5) is 28.8. The largest absolute Gasteiger partial charge is 0.494 e. The van der Waals surface area contributed by atoms with Gasteiger partial charge in [0.1, 0.15) is 17.3 Å². The van der Waals surface area contributed by atoms with Crippen LogP contribution in [0.5, 0.6) is 5.75 Å². The molecule has 0 unspecified atom stereocenters. The number of aliphatic hydroxyl groups excluding tert-OH is 2. The van der Waals surface area contributed by atoms with Crippen molar-refractivity contribution < 1.29 is 38.4 Å². The van der Waals surface area contributed by atoms with Gasteiger partial charge in [-0.3, -0.25) is 9.59 Å². The van der Waals surface area contributed by atoms with Crippen molar-refractivity contribution in [2.45, 2.75) is 63.3 Å². The van der Waals surface area contributed by atoms with Crippen molar-refractivity contribution in [3.63, 3.8) is 0 Å². The van der Waals surface area contributed by atoms with Crippen LogP contribution in [-0.2, 0) is 17.9 Å². The average Bonchev–Trinajstić information content (AvgIpc) is 3.66. The predicted octanol–water partition coefficient (Wildman–Crippen LogP) is 3.62. The van der Waals surface area contributed by atoms with E-state index >= 15 is 0 Å². The number of rotatable bonds is 13. The van der Waals surface area contributed by atoms with Crippen LogP contribution in [0.1, 0.15) is 59.8 Å². The van der Waals surface area contributed by atoms with Gasteiger partial charge in [0.25, 0.3) is 5.91 Å². The Morgan fingerprint density at radius 1 is 1.13 bits per heavy atom. The molecule has 0 spiro atoms. The molecule has 1 saturated carbocycles. The van der Waals surface area contributed by atoms with E-state index in [9.17, 15) is 28.6 Å². The van der Waals surface area contributed by atoms with Crippen LogP contribution in [0, 0.1) is 11.6 Å². The number of ether oxygens (including phenoxy) is 1. The molecule has 3 aromatic rings. The van der Waals surface area contributed by atoms with Crippen LogP contribution in [0.15, 0.2) is 42.5 Å². The molecule has 0 saturated heterocycles. The summed E-state index contributed by atoms with van der Waals surface area (Å²) in [6.07, 6.45) is -0.902. The van der Waals surface area contributed by atoms with Gasteiger partial charge in [-0.05, 0) is 67.6 Å². The Labute approximate surface area is 224 Å². The molecule has 1 aliphatic carbocycles. The fourth-order valence-electron chi connectivity index (χ4n) is 4.53. The molecule has 2 atom stereocenters. The minimum atomic E-state index is -1.19. The summed E-state index contributed by atoms with van der Waals surface area (Å²) < 4.78 is 34.5. The highest BCUT2D eigenvalue weighted by Crippen LogP contribution is 2.43. The van der Waals surface area contributed by atoms with Crippen LogP contribution in [0.4, 0.5) is 8.78 Å². The van der Waals surface area contributed by atoms with Crippen LogP contribution in [0.2, 0.25) is 0 Å². The standard InChI is InChI=1S/C28H31F2N3O6/c1-39-23-9-2-16(12-22(23)30)15-31-28(38)25-26(17-3-4-17)33(11-10-20(34)13-21(35)14-24(36)37)27(32-25)18-5-7-19(29)8-6-18/h2,5-9,12,17,20-21,34-35H,3-4,10-11,13-15H2,1H3,(H,31,38)(H,36,37)/t20-,21-/m1/s1. The zero-order chi connectivity index (χ0) is 28.1. The van der Waals surface area contributed by atoms with Gasteiger partial charge in [-0.1, -0.05) is 6.07 Å². The summed E-state index contributed by atoms with van der Waals surface area (Å²) in [5, 5.41) is 32.0. The third-order valence-corrected chi connectivity index (χ3v) is 6.60. The van der Waals surface area contributed by atoms with Crippen molar-refractivity contribution in [3.05, 3.63) is 71.1 Å². The molecule has 1 fully saturated rings. The van der Waals surface area contributed by atoms with Gasteiger partial charge in [0.2, 0.25) is 0 Å². The smallest absolute Gasteiger partial charge is 0.305 e. The first-order chi connectivity index (χ1) is 18.7. The molecule has 9 nitrogen and oxygen atoms in total. The zero-order valence-corrected chi connectivity index (χ0v) is 21.4. The van der Waals surface area contributed by atoms with Gasteiger partial charge in [-0.25, -0.2) is 13.8 Å². The maximum absolute atomic E-state index is 14.1. The van der Waals surface area contributed by atoms with Crippen LogP contribution in [0.25, 0.3) is 11.4 Å². The van der Waals surface area contributed by atoms with Crippen molar-refractivity contribution in [1.82, 2.24) is 14.9 Å². The number of aliphatic carboxylic acids is 1. The fraction of sp³-hybridized carbons (Fsp3) is 0.393. The summed E-state index contributed by atoms with van der Waals surface area (Å²) in [6.45, 7) is 0.298. The van der Waals surface area contributed by atoms with E-state index in [1.165, 1.54) is 31.4 Å². The summed E-state index contributed by atoms with van der Waals surface area (Å²) in [7, 11) is 1.37. The van der Waals surface area contributed by atoms with E-state index in [0.29, 0.717) is 22.6 Å². The van der Waals surface area contributed by atoms with Crippen LogP contribution >= 0.6 is 0 Å². The van der Waals surface area contributed by atoms with Gasteiger partial charge < -0.3 is 29.9 Å². The molecular weight excluding hydrogens is 512 g/mol. The lowest BCUT2D eigenvalue weighted by Crippen LogP contribution is -2.25. The van der Waals surface area contributed by atoms with Crippen molar-refractivity contribution in [2.75, 3.05) is 7.11 Å². The Hall–Kier alpha value is -3.83. The van der Waals surface area contributed by atoms with Crippen LogP contribution < -0.4 is 10.1 Å². The first-order valence-electron chi connectivity index (χ1n) is 12.7. The van der Waals surface area contributed by atoms with Gasteiger partial charge in [0.05, 0.1) is 31.4 Å². The second kappa shape index (κ2) is 12.4. The summed E-state index contributed by atoms with van der Waals surface area (Å²) in [6, 6.07) is 10.1. The third kappa shape index (κ3) is 7.18. The number of aliphatic hydroxyl groups is 2. The van der Waals surface area contributed by atoms with E-state index in [2.05, 4.69) is 10.3 Å². The monoisotopic (exact) mass is 543 g/mol. The second-order valence-corrected chi connectivity index (χ2v) is 9.68. The first-order valence-corrected chi connectivity index (χ1v) is 12.7. The number of methoxy groups -OCH3 is 1. The van der Waals surface area contributed by atoms with Crippen LogP contribution in [-0.4, -0.2) is 56.1 Å². The molecule has 4 N–H and O–H groups in total. The van der Waals surface area contributed by atoms with E-state index in [-0.39, 0.29) is 43.3 Å². The summed E-state index contributed by atoms with van der Waals surface area (Å²) >= 11 is 0. The number of carboxylic acid groups (broad SMARTS) is 1. The van der Waals surface area contributed by atoms with Crippen LogP contribution in [0.3, 0.4) is 0 Å². The lowest BCUT2D eigenvalue weighted by molar-refractivity contribution is -0.139. The Kier molecular flexibility index (Phi) is 8.93. The molecule has 1 heterocycles. The molecule has 1 amide bonds. The topological polar surface area (TPSA) is 134 Å². The summed E-state index contributed by atoms with van der Waals surface area (Å²) in [5.74, 6) is -1.98. The molecule has 1 aromatic heterocycles. The van der Waals surface area contributed by atoms with E-state index < -0.39 is 42.1 Å². The number of carboxylic acids is 1. The normalized spacial score (nSPS) is 14.6. The number of hydrogen-bond donors (Lipinski definition) is 4. The maximum atomic E-state index is 14.1. The van der Waals surface area contributed by atoms with Crippen molar-refractivity contribution in [3.8, 4) is 17.1 Å². The van der Waals surface area contributed by atoms with Gasteiger partial charge in [-0.15, -0.1) is 0 Å². The number of nitrogens with one attached hydrogen (secondary N) is 1. The Balaban J connectivity index is 1.59. The highest BCUT2D eigenvalue weighted by molar-refractivity contribution is 5.94. The molecule has 1 aliphatic rings. The SMILES string of the molecule is COc1ccc(CNC(=O)c2nc(-c3ccc(F)cc3)n(CC[C@@H](O)C[C@@H](O)CC(=O)O)c2C2CC2)cc1F. The lowest BCUT2D eigenvalue weighted by Gasteiger charge is -2.17. The number of nitrogens with zero attached hydrogens (tertiary/aromatic N) is 2. The predicted molar refractivity (Wildman–Crippen MR) is 137 cm³/mol. The molecule has 208 valence electrons. The Morgan fingerprint density at radius 2 is 1.85 bits per heavy atom. The number of hydrogen-bond acceptors (Lipinski definition) is 6. The maximum Gasteiger partial charge on any atom is 0.305 e. The zero-order valence-electron chi connectivity index (χ0n) is 21.4. The Bertz CT molecular complexity index is 1320. The molecule has 0 aliphatic heterocycles. The van der Waals surface area contributed by atoms with Gasteiger partial charge in [0, 0.05) is 24.6 Å². The van der Waals surface area contributed by atoms with E-state index in [1.807, 2.05) is 4.57 Å². The number of benzene rings is 2. The molecule has 0 radical (unpaired) electrons. The third-order valence-electron chi connectivity index (χ3n) is 6.60. The number of aromatic nitrogens is 2. The Morgan fingerprint density at radius 3 is 2.46 bits per heavy atom. The number of halogens is 2. The van der Waals surface area contributed by atoms with Crippen molar-refractivity contribution in [1.29, 1.82) is 0 Å². The minimum Gasteiger partial charge on any atom is -0.494 e. The molecular formula is C28H31F2N3O6. The van der Waals surface area contributed by atoms with Gasteiger partial charge in [-0.2, -0.15) is 0 Å². The summed E-state index contributed by atoms with van der Waals surface area (Å²) in [5.41, 5.74) is 2.00. The second-order valence-electron chi connectivity index (χ2n) is 9.68. The average molecular weight is 544 g/mol. The molecule has 4 rings (SSSR count). The van der Waals surface area contributed by atoms with Gasteiger partial charge >= 0.3 is 5.97 Å².